The minimum absolute atomic E-state index is 0.317. The van der Waals surface area contributed by atoms with Crippen LogP contribution in [0.4, 0.5) is 0 Å². The number of piperazine rings is 1. The number of sulfonamides is 1. The topological polar surface area (TPSA) is 59.1 Å². The molecule has 2 aliphatic rings. The third-order valence-corrected chi connectivity index (χ3v) is 7.42. The summed E-state index contributed by atoms with van der Waals surface area (Å²) < 4.78 is 39.1. The summed E-state index contributed by atoms with van der Waals surface area (Å²) in [4.78, 5) is 2.45. The highest BCUT2D eigenvalue weighted by Crippen LogP contribution is 2.36. The van der Waals surface area contributed by atoms with Crippen LogP contribution in [0, 0.1) is 0 Å². The highest BCUT2D eigenvalue weighted by atomic mass is 32.2. The van der Waals surface area contributed by atoms with E-state index in [0.717, 1.165) is 18.6 Å². The van der Waals surface area contributed by atoms with Crippen molar-refractivity contribution in [3.05, 3.63) is 24.3 Å². The summed E-state index contributed by atoms with van der Waals surface area (Å²) in [7, 11) is -1.92. The smallest absolute Gasteiger partial charge is 0.399 e. The predicted molar refractivity (Wildman–Crippen MR) is 98.4 cm³/mol. The molecule has 0 radical (unpaired) electrons. The van der Waals surface area contributed by atoms with Crippen molar-refractivity contribution in [2.45, 2.75) is 43.8 Å². The van der Waals surface area contributed by atoms with E-state index in [1.54, 1.807) is 28.6 Å². The number of rotatable bonds is 3. The van der Waals surface area contributed by atoms with E-state index < -0.39 is 28.3 Å². The molecule has 138 valence electrons. The van der Waals surface area contributed by atoms with E-state index >= 15 is 0 Å². The SMILES string of the molecule is CN1CCN(S(=O)(=O)c2ccc(B3OC(C)(C)C(C)(C)O3)cc2)CC1. The van der Waals surface area contributed by atoms with Gasteiger partial charge in [0, 0.05) is 26.2 Å². The number of benzene rings is 1. The van der Waals surface area contributed by atoms with Gasteiger partial charge >= 0.3 is 7.12 Å². The zero-order valence-electron chi connectivity index (χ0n) is 15.7. The van der Waals surface area contributed by atoms with Crippen molar-refractivity contribution in [1.29, 1.82) is 0 Å². The first-order chi connectivity index (χ1) is 11.5. The Kier molecular flexibility index (Phi) is 4.79. The summed E-state index contributed by atoms with van der Waals surface area (Å²) in [6, 6.07) is 6.86. The van der Waals surface area contributed by atoms with Crippen molar-refractivity contribution in [2.24, 2.45) is 0 Å². The van der Waals surface area contributed by atoms with Crippen LogP contribution in [-0.4, -0.2) is 69.2 Å². The Balaban J connectivity index is 1.77. The van der Waals surface area contributed by atoms with Crippen LogP contribution in [0.5, 0.6) is 0 Å². The molecule has 0 aliphatic carbocycles. The molecule has 25 heavy (non-hydrogen) atoms. The zero-order valence-corrected chi connectivity index (χ0v) is 16.5. The fraction of sp³-hybridized carbons (Fsp3) is 0.647. The summed E-state index contributed by atoms with van der Waals surface area (Å²) in [5.74, 6) is 0. The molecule has 8 heteroatoms. The Morgan fingerprint density at radius 3 is 1.88 bits per heavy atom. The van der Waals surface area contributed by atoms with E-state index in [4.69, 9.17) is 9.31 Å². The van der Waals surface area contributed by atoms with Gasteiger partial charge in [0.15, 0.2) is 0 Å². The molecule has 2 saturated heterocycles. The summed E-state index contributed by atoms with van der Waals surface area (Å²) in [6.07, 6.45) is 0. The molecule has 6 nitrogen and oxygen atoms in total. The maximum absolute atomic E-state index is 12.8. The van der Waals surface area contributed by atoms with Crippen LogP contribution in [0.25, 0.3) is 0 Å². The van der Waals surface area contributed by atoms with Gasteiger partial charge in [0.25, 0.3) is 0 Å². The Morgan fingerprint density at radius 2 is 1.40 bits per heavy atom. The summed E-state index contributed by atoms with van der Waals surface area (Å²) in [5.41, 5.74) is 0.000724. The molecule has 0 bridgehead atoms. The summed E-state index contributed by atoms with van der Waals surface area (Å²) in [6.45, 7) is 10.6. The van der Waals surface area contributed by atoms with E-state index in [2.05, 4.69) is 4.90 Å². The molecule has 0 saturated carbocycles. The predicted octanol–water partition coefficient (Wildman–Crippen LogP) is 0.922. The number of likely N-dealkylation sites (N-methyl/N-ethyl adjacent to an activating group) is 1. The first-order valence-electron chi connectivity index (χ1n) is 8.67. The molecular formula is C17H27BN2O4S. The van der Waals surface area contributed by atoms with Crippen molar-refractivity contribution in [3.8, 4) is 0 Å². The third kappa shape index (κ3) is 3.50. The van der Waals surface area contributed by atoms with Gasteiger partial charge in [-0.15, -0.1) is 0 Å². The molecule has 2 heterocycles. The van der Waals surface area contributed by atoms with Gasteiger partial charge in [-0.3, -0.25) is 0 Å². The molecule has 0 N–H and O–H groups in total. The largest absolute Gasteiger partial charge is 0.494 e. The maximum Gasteiger partial charge on any atom is 0.494 e. The van der Waals surface area contributed by atoms with Crippen molar-refractivity contribution < 1.29 is 17.7 Å². The third-order valence-electron chi connectivity index (χ3n) is 5.51. The highest BCUT2D eigenvalue weighted by molar-refractivity contribution is 7.89. The van der Waals surface area contributed by atoms with Gasteiger partial charge in [-0.2, -0.15) is 4.31 Å². The summed E-state index contributed by atoms with van der Waals surface area (Å²) in [5, 5.41) is 0. The quantitative estimate of drug-likeness (QED) is 0.745. The second kappa shape index (κ2) is 6.35. The number of hydrogen-bond donors (Lipinski definition) is 0. The molecule has 3 rings (SSSR count). The van der Waals surface area contributed by atoms with Crippen LogP contribution >= 0.6 is 0 Å². The molecule has 0 atom stereocenters. The summed E-state index contributed by atoms with van der Waals surface area (Å²) >= 11 is 0. The van der Waals surface area contributed by atoms with Crippen LogP contribution in [-0.2, 0) is 19.3 Å². The van der Waals surface area contributed by atoms with E-state index in [1.807, 2.05) is 34.7 Å². The molecule has 0 spiro atoms. The molecule has 1 aromatic rings. The first-order valence-corrected chi connectivity index (χ1v) is 10.1. The monoisotopic (exact) mass is 366 g/mol. The Hall–Kier alpha value is -0.925. The lowest BCUT2D eigenvalue weighted by Gasteiger charge is -2.32. The fourth-order valence-electron chi connectivity index (χ4n) is 2.95. The maximum atomic E-state index is 12.8. The second-order valence-corrected chi connectivity index (χ2v) is 9.80. The van der Waals surface area contributed by atoms with Gasteiger partial charge in [-0.25, -0.2) is 8.42 Å². The molecule has 0 unspecified atom stereocenters. The lowest BCUT2D eigenvalue weighted by atomic mass is 9.79. The van der Waals surface area contributed by atoms with Crippen molar-refractivity contribution >= 4 is 22.6 Å². The Labute approximate surface area is 151 Å². The van der Waals surface area contributed by atoms with E-state index in [9.17, 15) is 8.42 Å². The molecular weight excluding hydrogens is 339 g/mol. The average Bonchev–Trinajstić information content (AvgIpc) is 2.76. The fourth-order valence-corrected chi connectivity index (χ4v) is 4.38. The molecule has 1 aromatic carbocycles. The van der Waals surface area contributed by atoms with Crippen molar-refractivity contribution in [2.75, 3.05) is 33.2 Å². The minimum Gasteiger partial charge on any atom is -0.399 e. The van der Waals surface area contributed by atoms with Gasteiger partial charge in [-0.1, -0.05) is 12.1 Å². The van der Waals surface area contributed by atoms with E-state index in [-0.39, 0.29) is 0 Å². The van der Waals surface area contributed by atoms with Crippen LogP contribution in [0.15, 0.2) is 29.2 Å². The molecule has 2 fully saturated rings. The highest BCUT2D eigenvalue weighted by Gasteiger charge is 2.51. The lowest BCUT2D eigenvalue weighted by Crippen LogP contribution is -2.47. The van der Waals surface area contributed by atoms with Gasteiger partial charge in [0.05, 0.1) is 16.1 Å². The first kappa shape index (κ1) is 18.9. The van der Waals surface area contributed by atoms with E-state index in [0.29, 0.717) is 18.0 Å². The van der Waals surface area contributed by atoms with Crippen LogP contribution in [0.2, 0.25) is 0 Å². The lowest BCUT2D eigenvalue weighted by molar-refractivity contribution is 0.00578. The van der Waals surface area contributed by atoms with Gasteiger partial charge in [-0.05, 0) is 52.3 Å². The van der Waals surface area contributed by atoms with Crippen molar-refractivity contribution in [1.82, 2.24) is 9.21 Å². The Morgan fingerprint density at radius 1 is 0.920 bits per heavy atom. The minimum atomic E-state index is -3.45. The van der Waals surface area contributed by atoms with Gasteiger partial charge in [0.1, 0.15) is 0 Å². The normalized spacial score (nSPS) is 24.6. The van der Waals surface area contributed by atoms with Gasteiger partial charge < -0.3 is 14.2 Å². The number of nitrogens with zero attached hydrogens (tertiary/aromatic N) is 2. The Bertz CT molecular complexity index is 710. The number of hydrogen-bond acceptors (Lipinski definition) is 5. The molecule has 2 aliphatic heterocycles. The van der Waals surface area contributed by atoms with Crippen LogP contribution in [0.1, 0.15) is 27.7 Å². The molecule has 0 amide bonds. The van der Waals surface area contributed by atoms with Crippen molar-refractivity contribution in [3.63, 3.8) is 0 Å². The van der Waals surface area contributed by atoms with E-state index in [1.165, 1.54) is 0 Å². The standard InChI is InChI=1S/C17H27BN2O4S/c1-16(2)17(3,4)24-18(23-16)14-6-8-15(9-7-14)25(21,22)20-12-10-19(5)11-13-20/h6-9H,10-13H2,1-5H3. The average molecular weight is 366 g/mol. The second-order valence-electron chi connectivity index (χ2n) is 7.86. The van der Waals surface area contributed by atoms with Gasteiger partial charge in [0.2, 0.25) is 10.0 Å². The molecule has 0 aromatic heterocycles. The van der Waals surface area contributed by atoms with Crippen LogP contribution in [0.3, 0.4) is 0 Å². The zero-order chi connectivity index (χ0) is 18.5. The van der Waals surface area contributed by atoms with Crippen LogP contribution < -0.4 is 5.46 Å².